The van der Waals surface area contributed by atoms with Gasteiger partial charge in [0.2, 0.25) is 5.91 Å². The zero-order valence-electron chi connectivity index (χ0n) is 14.2. The number of phenols is 1. The third kappa shape index (κ3) is 2.88. The number of methoxy groups -OCH3 is 1. The summed E-state index contributed by atoms with van der Waals surface area (Å²) in [6, 6.07) is 7.85. The molecule has 1 aliphatic heterocycles. The number of carbonyl (C=O) groups is 1. The lowest BCUT2D eigenvalue weighted by Crippen LogP contribution is -2.25. The number of hydrogen-bond donors (Lipinski definition) is 2. The minimum absolute atomic E-state index is 0.0194. The molecule has 2 N–H and O–H groups in total. The van der Waals surface area contributed by atoms with Crippen LogP contribution in [-0.2, 0) is 4.79 Å². The second kappa shape index (κ2) is 6.39. The van der Waals surface area contributed by atoms with Crippen LogP contribution in [0.25, 0.3) is 5.69 Å². The van der Waals surface area contributed by atoms with E-state index >= 15 is 0 Å². The predicted molar refractivity (Wildman–Crippen MR) is 93.2 cm³/mol. The number of anilines is 1. The Kier molecular flexibility index (Phi) is 4.02. The molecule has 0 unspecified atom stereocenters. The van der Waals surface area contributed by atoms with E-state index in [0.717, 1.165) is 18.2 Å². The molecule has 0 spiro atoms. The minimum atomic E-state index is -0.640. The average molecular weight is 371 g/mol. The SMILES string of the molecule is COc1cc([C@H]2CC(=O)Nc3c2ncn3-c2cc(F)ccc2F)ccc1O. The van der Waals surface area contributed by atoms with E-state index in [-0.39, 0.29) is 35.3 Å². The lowest BCUT2D eigenvalue weighted by molar-refractivity contribution is -0.116. The molecule has 3 aromatic rings. The molecular formula is C19H15F2N3O3. The van der Waals surface area contributed by atoms with Crippen molar-refractivity contribution in [2.75, 3.05) is 12.4 Å². The number of phenolic OH excluding ortho intramolecular Hbond substituents is 1. The van der Waals surface area contributed by atoms with Gasteiger partial charge in [0, 0.05) is 18.4 Å². The zero-order chi connectivity index (χ0) is 19.1. The van der Waals surface area contributed by atoms with E-state index in [1.807, 2.05) is 0 Å². The van der Waals surface area contributed by atoms with E-state index in [9.17, 15) is 18.7 Å². The summed E-state index contributed by atoms with van der Waals surface area (Å²) in [5.74, 6) is -1.40. The minimum Gasteiger partial charge on any atom is -0.504 e. The summed E-state index contributed by atoms with van der Waals surface area (Å²) in [5.41, 5.74) is 1.18. The van der Waals surface area contributed by atoms with Gasteiger partial charge in [-0.1, -0.05) is 6.07 Å². The highest BCUT2D eigenvalue weighted by Gasteiger charge is 2.32. The molecule has 6 nitrogen and oxygen atoms in total. The Bertz CT molecular complexity index is 1050. The van der Waals surface area contributed by atoms with Crippen LogP contribution < -0.4 is 10.1 Å². The van der Waals surface area contributed by atoms with Crippen LogP contribution in [0.4, 0.5) is 14.6 Å². The number of carbonyl (C=O) groups excluding carboxylic acids is 1. The first-order valence-corrected chi connectivity index (χ1v) is 8.17. The smallest absolute Gasteiger partial charge is 0.226 e. The van der Waals surface area contributed by atoms with Crippen molar-refractivity contribution in [3.63, 3.8) is 0 Å². The van der Waals surface area contributed by atoms with Gasteiger partial charge in [0.05, 0.1) is 18.5 Å². The number of rotatable bonds is 3. The maximum absolute atomic E-state index is 14.2. The third-order valence-electron chi connectivity index (χ3n) is 4.55. The molecule has 27 heavy (non-hydrogen) atoms. The Morgan fingerprint density at radius 1 is 1.26 bits per heavy atom. The normalized spacial score (nSPS) is 16.0. The molecular weight excluding hydrogens is 356 g/mol. The fourth-order valence-electron chi connectivity index (χ4n) is 3.25. The summed E-state index contributed by atoms with van der Waals surface area (Å²) in [6.45, 7) is 0. The van der Waals surface area contributed by atoms with Gasteiger partial charge in [-0.25, -0.2) is 13.8 Å². The van der Waals surface area contributed by atoms with Crippen LogP contribution in [0, 0.1) is 11.6 Å². The third-order valence-corrected chi connectivity index (χ3v) is 4.55. The summed E-state index contributed by atoms with van der Waals surface area (Å²) in [5, 5.41) is 12.5. The van der Waals surface area contributed by atoms with Crippen molar-refractivity contribution in [3.05, 3.63) is 65.6 Å². The molecule has 0 saturated carbocycles. The largest absolute Gasteiger partial charge is 0.504 e. The van der Waals surface area contributed by atoms with Gasteiger partial charge < -0.3 is 15.2 Å². The van der Waals surface area contributed by atoms with Gasteiger partial charge in [0.25, 0.3) is 0 Å². The molecule has 1 amide bonds. The fourth-order valence-corrected chi connectivity index (χ4v) is 3.25. The van der Waals surface area contributed by atoms with Crippen molar-refractivity contribution in [1.82, 2.24) is 9.55 Å². The van der Waals surface area contributed by atoms with Crippen LogP contribution in [-0.4, -0.2) is 27.7 Å². The first-order valence-electron chi connectivity index (χ1n) is 8.17. The quantitative estimate of drug-likeness (QED) is 0.740. The van der Waals surface area contributed by atoms with Gasteiger partial charge in [-0.2, -0.15) is 0 Å². The van der Waals surface area contributed by atoms with Gasteiger partial charge in [-0.15, -0.1) is 0 Å². The van der Waals surface area contributed by atoms with E-state index < -0.39 is 17.6 Å². The van der Waals surface area contributed by atoms with Crippen molar-refractivity contribution in [3.8, 4) is 17.2 Å². The molecule has 1 aliphatic rings. The molecule has 0 bridgehead atoms. The molecule has 1 aromatic heterocycles. The fraction of sp³-hybridized carbons (Fsp3) is 0.158. The highest BCUT2D eigenvalue weighted by molar-refractivity contribution is 5.94. The monoisotopic (exact) mass is 371 g/mol. The Morgan fingerprint density at radius 2 is 2.07 bits per heavy atom. The van der Waals surface area contributed by atoms with Crippen molar-refractivity contribution in [2.24, 2.45) is 0 Å². The summed E-state index contributed by atoms with van der Waals surface area (Å²) in [4.78, 5) is 16.6. The summed E-state index contributed by atoms with van der Waals surface area (Å²) >= 11 is 0. The van der Waals surface area contributed by atoms with Crippen LogP contribution in [0.3, 0.4) is 0 Å². The molecule has 0 fully saturated rings. The van der Waals surface area contributed by atoms with E-state index in [4.69, 9.17) is 4.74 Å². The highest BCUT2D eigenvalue weighted by atomic mass is 19.1. The van der Waals surface area contributed by atoms with Crippen molar-refractivity contribution in [2.45, 2.75) is 12.3 Å². The standard InChI is InChI=1S/C19H15F2N3O3/c1-27-16-6-10(2-5-15(16)25)12-8-17(26)23-19-18(12)22-9-24(19)14-7-11(20)3-4-13(14)21/h2-7,9,12,25H,8H2,1H3,(H,23,26)/t12-/m1/s1. The van der Waals surface area contributed by atoms with Crippen LogP contribution in [0.5, 0.6) is 11.5 Å². The molecule has 2 heterocycles. The number of halogens is 2. The summed E-state index contributed by atoms with van der Waals surface area (Å²) < 4.78 is 34.2. The van der Waals surface area contributed by atoms with Gasteiger partial charge in [-0.05, 0) is 29.8 Å². The molecule has 1 atom stereocenters. The Morgan fingerprint density at radius 3 is 2.85 bits per heavy atom. The number of amides is 1. The van der Waals surface area contributed by atoms with Gasteiger partial charge in [-0.3, -0.25) is 9.36 Å². The van der Waals surface area contributed by atoms with Crippen LogP contribution in [0.15, 0.2) is 42.7 Å². The first kappa shape index (κ1) is 17.0. The van der Waals surface area contributed by atoms with E-state index in [1.165, 1.54) is 24.1 Å². The number of nitrogens with one attached hydrogen (secondary N) is 1. The van der Waals surface area contributed by atoms with Gasteiger partial charge in [0.15, 0.2) is 11.5 Å². The number of nitrogens with zero attached hydrogens (tertiary/aromatic N) is 2. The van der Waals surface area contributed by atoms with E-state index in [2.05, 4.69) is 10.3 Å². The number of aromatic nitrogens is 2. The summed E-state index contributed by atoms with van der Waals surface area (Å²) in [6.07, 6.45) is 1.47. The molecule has 8 heteroatoms. The maximum atomic E-state index is 14.2. The average Bonchev–Trinajstić information content (AvgIpc) is 3.07. The molecule has 4 rings (SSSR count). The number of imidazole rings is 1. The lowest BCUT2D eigenvalue weighted by atomic mass is 9.89. The number of hydrogen-bond acceptors (Lipinski definition) is 4. The highest BCUT2D eigenvalue weighted by Crippen LogP contribution is 2.40. The second-order valence-corrected chi connectivity index (χ2v) is 6.18. The van der Waals surface area contributed by atoms with Crippen molar-refractivity contribution in [1.29, 1.82) is 0 Å². The maximum Gasteiger partial charge on any atom is 0.226 e. The van der Waals surface area contributed by atoms with E-state index in [0.29, 0.717) is 11.3 Å². The van der Waals surface area contributed by atoms with Crippen LogP contribution in [0.1, 0.15) is 23.6 Å². The second-order valence-electron chi connectivity index (χ2n) is 6.18. The Hall–Kier alpha value is -3.42. The number of ether oxygens (including phenoxy) is 1. The van der Waals surface area contributed by atoms with Crippen molar-refractivity contribution >= 4 is 11.7 Å². The van der Waals surface area contributed by atoms with E-state index in [1.54, 1.807) is 12.1 Å². The van der Waals surface area contributed by atoms with Gasteiger partial charge >= 0.3 is 0 Å². The van der Waals surface area contributed by atoms with Crippen LogP contribution in [0.2, 0.25) is 0 Å². The van der Waals surface area contributed by atoms with Gasteiger partial charge in [0.1, 0.15) is 23.8 Å². The molecule has 138 valence electrons. The summed E-state index contributed by atoms with van der Waals surface area (Å²) in [7, 11) is 1.43. The Balaban J connectivity index is 1.84. The molecule has 0 saturated heterocycles. The number of fused-ring (bicyclic) bond motifs is 1. The topological polar surface area (TPSA) is 76.4 Å². The zero-order valence-corrected chi connectivity index (χ0v) is 14.2. The molecule has 0 aliphatic carbocycles. The Labute approximate surface area is 153 Å². The number of aromatic hydroxyl groups is 1. The van der Waals surface area contributed by atoms with Crippen molar-refractivity contribution < 1.29 is 23.4 Å². The number of benzene rings is 2. The van der Waals surface area contributed by atoms with Crippen LogP contribution >= 0.6 is 0 Å². The lowest BCUT2D eigenvalue weighted by Gasteiger charge is -2.24. The molecule has 0 radical (unpaired) electrons. The molecule has 2 aromatic carbocycles. The predicted octanol–water partition coefficient (Wildman–Crippen LogP) is 3.34. The first-order chi connectivity index (χ1) is 13.0.